The molecule has 340 valence electrons. The number of cyclic esters (lactones) is 1. The largest absolute Gasteiger partial charge is 0.489 e. The van der Waals surface area contributed by atoms with E-state index in [9.17, 15) is 23.2 Å². The quantitative estimate of drug-likeness (QED) is 0.0710. The monoisotopic (exact) mass is 901 g/mol. The Hall–Kier alpha value is -8.12. The number of hydrogen-bond acceptors (Lipinski definition) is 9. The van der Waals surface area contributed by atoms with Gasteiger partial charge in [0, 0.05) is 18.3 Å². The van der Waals surface area contributed by atoms with Gasteiger partial charge in [0.05, 0.1) is 24.8 Å². The van der Waals surface area contributed by atoms with Crippen LogP contribution in [0.2, 0.25) is 0 Å². The van der Waals surface area contributed by atoms with Crippen LogP contribution >= 0.6 is 0 Å². The van der Waals surface area contributed by atoms with E-state index in [0.717, 1.165) is 38.6 Å². The Morgan fingerprint density at radius 2 is 1.22 bits per heavy atom. The molecule has 12 heteroatoms. The van der Waals surface area contributed by atoms with Gasteiger partial charge in [0.15, 0.2) is 0 Å². The minimum Gasteiger partial charge on any atom is -0.489 e. The van der Waals surface area contributed by atoms with Crippen LogP contribution in [0.5, 0.6) is 11.5 Å². The molecule has 2 amide bonds. The van der Waals surface area contributed by atoms with Gasteiger partial charge in [0.1, 0.15) is 49.0 Å². The number of imide groups is 1. The molecule has 0 aromatic heterocycles. The Morgan fingerprint density at radius 3 is 1.78 bits per heavy atom. The second-order valence-corrected chi connectivity index (χ2v) is 15.5. The van der Waals surface area contributed by atoms with E-state index in [-0.39, 0.29) is 25.3 Å². The topological polar surface area (TPSA) is 116 Å². The number of amides is 2. The number of carbonyl (C=O) groups is 3. The first-order chi connectivity index (χ1) is 32.7. The number of aliphatic imine (C=N–C) groups is 1. The zero-order chi connectivity index (χ0) is 46.8. The molecule has 7 aromatic carbocycles. The molecule has 0 aliphatic carbocycles. The van der Waals surface area contributed by atoms with Gasteiger partial charge < -0.3 is 24.3 Å². The third-order valence-electron chi connectivity index (χ3n) is 10.9. The summed E-state index contributed by atoms with van der Waals surface area (Å²) in [5.74, 6) is -1.13. The van der Waals surface area contributed by atoms with E-state index in [0.29, 0.717) is 30.2 Å². The number of esters is 1. The van der Waals surface area contributed by atoms with Crippen LogP contribution in [-0.4, -0.2) is 42.8 Å². The maximum Gasteiger partial charge on any atom is 0.417 e. The molecule has 2 unspecified atom stereocenters. The van der Waals surface area contributed by atoms with Crippen molar-refractivity contribution in [2.75, 3.05) is 19.0 Å². The summed E-state index contributed by atoms with van der Waals surface area (Å²) in [6.07, 6.45) is 0.999. The third-order valence-corrected chi connectivity index (χ3v) is 10.9. The van der Waals surface area contributed by atoms with Crippen molar-refractivity contribution in [2.24, 2.45) is 10.9 Å². The van der Waals surface area contributed by atoms with Crippen LogP contribution in [0.25, 0.3) is 0 Å². The van der Waals surface area contributed by atoms with Crippen LogP contribution in [0.15, 0.2) is 193 Å². The molecule has 1 N–H and O–H groups in total. The Balaban J connectivity index is 0.000000242. The summed E-state index contributed by atoms with van der Waals surface area (Å²) in [5.41, 5.74) is 5.84. The zero-order valence-electron chi connectivity index (χ0n) is 36.8. The Kier molecular flexibility index (Phi) is 16.6. The summed E-state index contributed by atoms with van der Waals surface area (Å²) < 4.78 is 48.5. The van der Waals surface area contributed by atoms with Crippen molar-refractivity contribution in [3.05, 3.63) is 228 Å². The Bertz CT molecular complexity index is 2670. The molecule has 3 atom stereocenters. The molecule has 1 fully saturated rings. The van der Waals surface area contributed by atoms with Gasteiger partial charge in [0.2, 0.25) is 5.91 Å². The van der Waals surface area contributed by atoms with E-state index in [1.165, 1.54) is 31.4 Å². The highest BCUT2D eigenvalue weighted by Crippen LogP contribution is 2.37. The average molecular weight is 902 g/mol. The van der Waals surface area contributed by atoms with Crippen LogP contribution in [0.4, 0.5) is 25.0 Å². The Labute approximate surface area is 388 Å². The predicted octanol–water partition coefficient (Wildman–Crippen LogP) is 12.0. The second-order valence-electron chi connectivity index (χ2n) is 15.5. The minimum atomic E-state index is -0.910. The molecule has 1 aliphatic rings. The standard InChI is InChI=1S/C35H33FN2O6.C20H16FNO/c1-42-32(39)21-20-30(34(40)38-31(23-44-35(38)41)25-10-6-3-7-11-25)33(37-28-16-14-27(36)15-17-28)26-12-18-29(19-13-26)43-22-24-8-4-2-5-9-24;21-18-8-10-19(11-9-18)22-14-16-6-12-20(13-7-16)23-15-17-4-2-1-3-5-17/h2-19,30-31,33,37H,20-23H2,1H3;1-14H,15H2/t30?,31-,33?;/m1./s1. The molecule has 7 aromatic rings. The second kappa shape index (κ2) is 23.7. The average Bonchev–Trinajstić information content (AvgIpc) is 3.77. The maximum atomic E-state index is 14.4. The highest BCUT2D eigenvalue weighted by molar-refractivity contribution is 5.96. The normalized spacial score (nSPS) is 14.0. The molecule has 0 saturated carbocycles. The van der Waals surface area contributed by atoms with E-state index in [1.54, 1.807) is 42.6 Å². The molecule has 0 bridgehead atoms. The van der Waals surface area contributed by atoms with Crippen LogP contribution in [0.3, 0.4) is 0 Å². The van der Waals surface area contributed by atoms with Crippen molar-refractivity contribution in [3.63, 3.8) is 0 Å². The molecule has 0 radical (unpaired) electrons. The van der Waals surface area contributed by atoms with Gasteiger partial charge in [-0.05, 0) is 119 Å². The van der Waals surface area contributed by atoms with Crippen LogP contribution in [-0.2, 0) is 32.3 Å². The molecular formula is C55H49F2N3O7. The molecule has 0 spiro atoms. The van der Waals surface area contributed by atoms with Crippen molar-refractivity contribution >= 4 is 35.6 Å². The molecule has 67 heavy (non-hydrogen) atoms. The highest BCUT2D eigenvalue weighted by atomic mass is 19.1. The number of hydrogen-bond donors (Lipinski definition) is 1. The van der Waals surface area contributed by atoms with E-state index in [1.807, 2.05) is 127 Å². The first kappa shape index (κ1) is 46.9. The summed E-state index contributed by atoms with van der Waals surface area (Å²) in [7, 11) is 1.28. The zero-order valence-corrected chi connectivity index (χ0v) is 36.8. The van der Waals surface area contributed by atoms with Crippen molar-refractivity contribution in [1.82, 2.24) is 4.90 Å². The number of halogens is 2. The number of nitrogens with zero attached hydrogens (tertiary/aromatic N) is 2. The fourth-order valence-electron chi connectivity index (χ4n) is 7.29. The van der Waals surface area contributed by atoms with E-state index in [2.05, 4.69) is 10.3 Å². The lowest BCUT2D eigenvalue weighted by atomic mass is 9.87. The lowest BCUT2D eigenvalue weighted by Gasteiger charge is -2.32. The number of ether oxygens (including phenoxy) is 4. The minimum absolute atomic E-state index is 0.0157. The summed E-state index contributed by atoms with van der Waals surface area (Å²) in [6.45, 7) is 0.946. The summed E-state index contributed by atoms with van der Waals surface area (Å²) in [5, 5.41) is 3.36. The SMILES string of the molecule is COC(=O)CCC(C(=O)N1C(=O)OC[C@@H]1c1ccccc1)C(Nc1ccc(F)cc1)c1ccc(OCc2ccccc2)cc1.Fc1ccc(N=Cc2ccc(OCc3ccccc3)cc2)cc1. The number of rotatable bonds is 17. The van der Waals surface area contributed by atoms with E-state index >= 15 is 0 Å². The third kappa shape index (κ3) is 13.7. The van der Waals surface area contributed by atoms with Crippen LogP contribution in [0, 0.1) is 17.6 Å². The molecule has 8 rings (SSSR count). The lowest BCUT2D eigenvalue weighted by Crippen LogP contribution is -2.42. The molecular weight excluding hydrogens is 853 g/mol. The van der Waals surface area contributed by atoms with Crippen LogP contribution in [0.1, 0.15) is 52.7 Å². The van der Waals surface area contributed by atoms with Gasteiger partial charge in [-0.15, -0.1) is 0 Å². The molecule has 1 aliphatic heterocycles. The van der Waals surface area contributed by atoms with Gasteiger partial charge >= 0.3 is 12.1 Å². The van der Waals surface area contributed by atoms with Crippen molar-refractivity contribution in [3.8, 4) is 11.5 Å². The molecule has 1 saturated heterocycles. The van der Waals surface area contributed by atoms with Gasteiger partial charge in [-0.3, -0.25) is 14.6 Å². The number of nitrogens with one attached hydrogen (secondary N) is 1. The maximum absolute atomic E-state index is 14.4. The molecule has 1 heterocycles. The van der Waals surface area contributed by atoms with Crippen molar-refractivity contribution in [1.29, 1.82) is 0 Å². The van der Waals surface area contributed by atoms with Gasteiger partial charge in [-0.25, -0.2) is 18.5 Å². The van der Waals surface area contributed by atoms with Crippen molar-refractivity contribution in [2.45, 2.75) is 38.1 Å². The van der Waals surface area contributed by atoms with E-state index < -0.39 is 41.8 Å². The van der Waals surface area contributed by atoms with Gasteiger partial charge in [-0.1, -0.05) is 103 Å². The lowest BCUT2D eigenvalue weighted by molar-refractivity contribution is -0.141. The van der Waals surface area contributed by atoms with Gasteiger partial charge in [0.25, 0.3) is 0 Å². The van der Waals surface area contributed by atoms with E-state index in [4.69, 9.17) is 18.9 Å². The first-order valence-electron chi connectivity index (χ1n) is 21.7. The number of anilines is 1. The number of methoxy groups -OCH3 is 1. The predicted molar refractivity (Wildman–Crippen MR) is 253 cm³/mol. The van der Waals surface area contributed by atoms with Crippen LogP contribution < -0.4 is 14.8 Å². The Morgan fingerprint density at radius 1 is 0.701 bits per heavy atom. The fourth-order valence-corrected chi connectivity index (χ4v) is 7.29. The number of carbonyl (C=O) groups excluding carboxylic acids is 3. The molecule has 10 nitrogen and oxygen atoms in total. The van der Waals surface area contributed by atoms with Gasteiger partial charge in [-0.2, -0.15) is 0 Å². The fraction of sp³-hybridized carbons (Fsp3) is 0.164. The smallest absolute Gasteiger partial charge is 0.417 e. The number of benzene rings is 7. The summed E-state index contributed by atoms with van der Waals surface area (Å²) in [4.78, 5) is 45.1. The first-order valence-corrected chi connectivity index (χ1v) is 21.7. The highest BCUT2D eigenvalue weighted by Gasteiger charge is 2.44. The van der Waals surface area contributed by atoms with Crippen molar-refractivity contribution < 1.29 is 42.1 Å². The summed E-state index contributed by atoms with van der Waals surface area (Å²) in [6, 6.07) is 54.4. The summed E-state index contributed by atoms with van der Waals surface area (Å²) >= 11 is 0.